The van der Waals surface area contributed by atoms with Crippen LogP contribution in [0.4, 0.5) is 0 Å². The fourth-order valence-electron chi connectivity index (χ4n) is 4.48. The summed E-state index contributed by atoms with van der Waals surface area (Å²) in [6.07, 6.45) is 5.45. The zero-order valence-corrected chi connectivity index (χ0v) is 19.5. The van der Waals surface area contributed by atoms with Crippen LogP contribution in [0.25, 0.3) is 5.52 Å². The van der Waals surface area contributed by atoms with Gasteiger partial charge in [0.25, 0.3) is 5.91 Å². The Morgan fingerprint density at radius 3 is 2.82 bits per heavy atom. The first kappa shape index (κ1) is 22.6. The van der Waals surface area contributed by atoms with Crippen molar-refractivity contribution in [1.82, 2.24) is 24.7 Å². The lowest BCUT2D eigenvalue weighted by atomic mass is 10.2. The molecular formula is C26H31N5O3. The number of aromatic nitrogens is 2. The monoisotopic (exact) mass is 461 g/mol. The minimum Gasteiger partial charge on any atom is -0.374 e. The molecule has 2 amide bonds. The molecule has 1 saturated carbocycles. The molecule has 1 aromatic carbocycles. The Morgan fingerprint density at radius 1 is 1.21 bits per heavy atom. The SMILES string of the molecule is Cc1ccn2ncc(C(=O)NCC3CN(CC(=O)N(Cc4ccccc4)C4CC4)CCO3)c2c1. The van der Waals surface area contributed by atoms with Crippen LogP contribution in [-0.4, -0.2) is 76.2 Å². The maximum atomic E-state index is 13.1. The Balaban J connectivity index is 1.15. The van der Waals surface area contributed by atoms with Crippen molar-refractivity contribution in [3.05, 3.63) is 71.5 Å². The van der Waals surface area contributed by atoms with Gasteiger partial charge < -0.3 is 15.0 Å². The minimum absolute atomic E-state index is 0.155. The van der Waals surface area contributed by atoms with Crippen LogP contribution in [0.15, 0.2) is 54.9 Å². The zero-order valence-electron chi connectivity index (χ0n) is 19.5. The smallest absolute Gasteiger partial charge is 0.255 e. The predicted molar refractivity (Wildman–Crippen MR) is 128 cm³/mol. The molecule has 8 heteroatoms. The largest absolute Gasteiger partial charge is 0.374 e. The maximum absolute atomic E-state index is 13.1. The van der Waals surface area contributed by atoms with Gasteiger partial charge in [-0.3, -0.25) is 14.5 Å². The average Bonchev–Trinajstić information content (AvgIpc) is 3.60. The van der Waals surface area contributed by atoms with Crippen LogP contribution >= 0.6 is 0 Å². The fourth-order valence-corrected chi connectivity index (χ4v) is 4.48. The van der Waals surface area contributed by atoms with E-state index in [4.69, 9.17) is 4.74 Å². The molecule has 5 rings (SSSR count). The highest BCUT2D eigenvalue weighted by Gasteiger charge is 2.34. The highest BCUT2D eigenvalue weighted by atomic mass is 16.5. The molecule has 3 aromatic rings. The highest BCUT2D eigenvalue weighted by molar-refractivity contribution is 6.00. The molecule has 1 atom stereocenters. The van der Waals surface area contributed by atoms with Crippen LogP contribution in [0.5, 0.6) is 0 Å². The van der Waals surface area contributed by atoms with Gasteiger partial charge in [0, 0.05) is 38.4 Å². The van der Waals surface area contributed by atoms with Crippen molar-refractivity contribution >= 4 is 17.3 Å². The third-order valence-corrected chi connectivity index (χ3v) is 6.50. The van der Waals surface area contributed by atoms with Crippen LogP contribution in [0.3, 0.4) is 0 Å². The number of hydrogen-bond donors (Lipinski definition) is 1. The molecular weight excluding hydrogens is 430 g/mol. The minimum atomic E-state index is -0.167. The molecule has 1 saturated heterocycles. The predicted octanol–water partition coefficient (Wildman–Crippen LogP) is 2.26. The van der Waals surface area contributed by atoms with Gasteiger partial charge in [-0.05, 0) is 43.0 Å². The van der Waals surface area contributed by atoms with E-state index >= 15 is 0 Å². The summed E-state index contributed by atoms with van der Waals surface area (Å²) in [5.41, 5.74) is 3.57. The Hall–Kier alpha value is -3.23. The molecule has 1 aliphatic carbocycles. The van der Waals surface area contributed by atoms with Crippen LogP contribution in [0, 0.1) is 6.92 Å². The molecule has 1 unspecified atom stereocenters. The van der Waals surface area contributed by atoms with Gasteiger partial charge in [0.2, 0.25) is 5.91 Å². The molecule has 178 valence electrons. The van der Waals surface area contributed by atoms with E-state index in [0.717, 1.165) is 29.5 Å². The van der Waals surface area contributed by atoms with Gasteiger partial charge in [0.05, 0.1) is 36.5 Å². The quantitative estimate of drug-likeness (QED) is 0.557. The van der Waals surface area contributed by atoms with Gasteiger partial charge in [0.1, 0.15) is 0 Å². The summed E-state index contributed by atoms with van der Waals surface area (Å²) in [5, 5.41) is 7.24. The van der Waals surface area contributed by atoms with E-state index in [1.807, 2.05) is 48.4 Å². The van der Waals surface area contributed by atoms with E-state index < -0.39 is 0 Å². The number of pyridine rings is 1. The molecule has 2 fully saturated rings. The van der Waals surface area contributed by atoms with E-state index in [1.165, 1.54) is 0 Å². The zero-order chi connectivity index (χ0) is 23.5. The Morgan fingerprint density at radius 2 is 2.03 bits per heavy atom. The summed E-state index contributed by atoms with van der Waals surface area (Å²) in [6, 6.07) is 14.4. The lowest BCUT2D eigenvalue weighted by Gasteiger charge is -2.34. The number of ether oxygens (including phenoxy) is 1. The van der Waals surface area contributed by atoms with Gasteiger partial charge in [0.15, 0.2) is 0 Å². The van der Waals surface area contributed by atoms with Crippen LogP contribution < -0.4 is 5.32 Å². The first-order valence-electron chi connectivity index (χ1n) is 12.0. The van der Waals surface area contributed by atoms with E-state index in [2.05, 4.69) is 27.4 Å². The average molecular weight is 462 g/mol. The number of nitrogens with zero attached hydrogens (tertiary/aromatic N) is 4. The number of fused-ring (bicyclic) bond motifs is 1. The lowest BCUT2D eigenvalue weighted by molar-refractivity contribution is -0.135. The number of aryl methyl sites for hydroxylation is 1. The van der Waals surface area contributed by atoms with Crippen LogP contribution in [-0.2, 0) is 16.1 Å². The summed E-state index contributed by atoms with van der Waals surface area (Å²) in [7, 11) is 0. The van der Waals surface area contributed by atoms with E-state index in [0.29, 0.717) is 50.9 Å². The molecule has 0 spiro atoms. The summed E-state index contributed by atoms with van der Waals surface area (Å²) in [5.74, 6) is -0.00191. The van der Waals surface area contributed by atoms with Crippen molar-refractivity contribution in [2.45, 2.75) is 38.5 Å². The number of hydrogen-bond acceptors (Lipinski definition) is 5. The first-order valence-corrected chi connectivity index (χ1v) is 12.0. The van der Waals surface area contributed by atoms with Crippen molar-refractivity contribution in [3.63, 3.8) is 0 Å². The fraction of sp³-hybridized carbons (Fsp3) is 0.423. The van der Waals surface area contributed by atoms with Crippen LogP contribution in [0.2, 0.25) is 0 Å². The van der Waals surface area contributed by atoms with Crippen molar-refractivity contribution in [3.8, 4) is 0 Å². The standard InChI is InChI=1S/C26H31N5O3/c1-19-9-10-31-24(13-19)23(15-28-31)26(33)27-14-22-17-29(11-12-34-22)18-25(32)30(21-7-8-21)16-20-5-3-2-4-6-20/h2-6,9-10,13,15,21-22H,7-8,11-12,14,16-18H2,1H3,(H,27,33). The second kappa shape index (κ2) is 9.95. The van der Waals surface area contributed by atoms with E-state index in [9.17, 15) is 9.59 Å². The Kier molecular flexibility index (Phi) is 6.60. The molecule has 0 radical (unpaired) electrons. The molecule has 34 heavy (non-hydrogen) atoms. The topological polar surface area (TPSA) is 79.2 Å². The van der Waals surface area contributed by atoms with Crippen LogP contribution in [0.1, 0.15) is 34.3 Å². The third kappa shape index (κ3) is 5.29. The molecule has 3 heterocycles. The van der Waals surface area contributed by atoms with Gasteiger partial charge >= 0.3 is 0 Å². The Labute approximate surface area is 199 Å². The summed E-state index contributed by atoms with van der Waals surface area (Å²) in [4.78, 5) is 30.1. The maximum Gasteiger partial charge on any atom is 0.255 e. The summed E-state index contributed by atoms with van der Waals surface area (Å²) >= 11 is 0. The number of carbonyl (C=O) groups is 2. The molecule has 8 nitrogen and oxygen atoms in total. The molecule has 2 aromatic heterocycles. The van der Waals surface area contributed by atoms with Gasteiger partial charge in [-0.1, -0.05) is 30.3 Å². The summed E-state index contributed by atoms with van der Waals surface area (Å²) < 4.78 is 7.58. The first-order chi connectivity index (χ1) is 16.6. The number of carbonyl (C=O) groups excluding carboxylic acids is 2. The number of morpholine rings is 1. The molecule has 2 aliphatic rings. The van der Waals surface area contributed by atoms with Gasteiger partial charge in [-0.25, -0.2) is 4.52 Å². The molecule has 1 N–H and O–H groups in total. The Bertz CT molecular complexity index is 1160. The van der Waals surface area contributed by atoms with Crippen molar-refractivity contribution in [2.75, 3.05) is 32.8 Å². The number of amides is 2. The summed E-state index contributed by atoms with van der Waals surface area (Å²) in [6.45, 7) is 5.30. The number of benzene rings is 1. The van der Waals surface area contributed by atoms with Gasteiger partial charge in [-0.15, -0.1) is 0 Å². The van der Waals surface area contributed by atoms with E-state index in [1.54, 1.807) is 10.7 Å². The number of nitrogens with one attached hydrogen (secondary N) is 1. The molecule has 0 bridgehead atoms. The van der Waals surface area contributed by atoms with Gasteiger partial charge in [-0.2, -0.15) is 5.10 Å². The second-order valence-electron chi connectivity index (χ2n) is 9.27. The van der Waals surface area contributed by atoms with Crippen molar-refractivity contribution in [1.29, 1.82) is 0 Å². The third-order valence-electron chi connectivity index (χ3n) is 6.50. The number of rotatable bonds is 8. The second-order valence-corrected chi connectivity index (χ2v) is 9.27. The highest BCUT2D eigenvalue weighted by Crippen LogP contribution is 2.28. The van der Waals surface area contributed by atoms with Crippen molar-refractivity contribution < 1.29 is 14.3 Å². The molecule has 1 aliphatic heterocycles. The van der Waals surface area contributed by atoms with E-state index in [-0.39, 0.29) is 17.9 Å². The normalized spacial score (nSPS) is 18.7. The lowest BCUT2D eigenvalue weighted by Crippen LogP contribution is -2.51. The van der Waals surface area contributed by atoms with Crippen molar-refractivity contribution in [2.24, 2.45) is 0 Å².